The van der Waals surface area contributed by atoms with E-state index in [1.807, 2.05) is 37.3 Å². The summed E-state index contributed by atoms with van der Waals surface area (Å²) in [6, 6.07) is 20.2. The molecule has 0 aromatic heterocycles. The van der Waals surface area contributed by atoms with Crippen LogP contribution >= 0.6 is 11.6 Å². The monoisotopic (exact) mass is 658 g/mol. The first kappa shape index (κ1) is 34.3. The van der Waals surface area contributed by atoms with Crippen molar-refractivity contribution in [1.82, 2.24) is 15.1 Å². The summed E-state index contributed by atoms with van der Waals surface area (Å²) >= 11 is 6.20. The molecule has 3 aromatic rings. The van der Waals surface area contributed by atoms with Crippen molar-refractivity contribution in [2.45, 2.75) is 70.2 Å². The van der Waals surface area contributed by atoms with E-state index in [4.69, 9.17) is 16.3 Å². The van der Waals surface area contributed by atoms with Crippen LogP contribution in [-0.4, -0.2) is 78.2 Å². The Bertz CT molecular complexity index is 1570. The van der Waals surface area contributed by atoms with Gasteiger partial charge in [0, 0.05) is 68.8 Å². The van der Waals surface area contributed by atoms with Gasteiger partial charge in [0.05, 0.1) is 6.10 Å². The lowest BCUT2D eigenvalue weighted by Crippen LogP contribution is -2.56. The molecule has 0 radical (unpaired) electrons. The molecule has 0 bridgehead atoms. The predicted molar refractivity (Wildman–Crippen MR) is 182 cm³/mol. The number of amides is 3. The van der Waals surface area contributed by atoms with Crippen molar-refractivity contribution in [2.75, 3.05) is 32.1 Å². The van der Waals surface area contributed by atoms with E-state index in [9.17, 15) is 19.2 Å². The molecular formula is C37H43ClN4O5. The van der Waals surface area contributed by atoms with Gasteiger partial charge in [0.25, 0.3) is 0 Å². The summed E-state index contributed by atoms with van der Waals surface area (Å²) < 4.78 is 5.51. The van der Waals surface area contributed by atoms with Crippen LogP contribution in [0.4, 0.5) is 5.69 Å². The predicted octanol–water partition coefficient (Wildman–Crippen LogP) is 5.19. The lowest BCUT2D eigenvalue weighted by atomic mass is 9.92. The Morgan fingerprint density at radius 3 is 2.34 bits per heavy atom. The molecule has 248 valence electrons. The van der Waals surface area contributed by atoms with Crippen molar-refractivity contribution in [3.8, 4) is 0 Å². The number of fused-ring (bicyclic) bond motifs is 1. The van der Waals surface area contributed by atoms with Gasteiger partial charge in [-0.15, -0.1) is 0 Å². The molecule has 3 amide bonds. The maximum Gasteiger partial charge on any atom is 0.246 e. The Balaban J connectivity index is 1.32. The van der Waals surface area contributed by atoms with Crippen molar-refractivity contribution >= 4 is 40.8 Å². The van der Waals surface area contributed by atoms with E-state index in [0.717, 1.165) is 42.6 Å². The summed E-state index contributed by atoms with van der Waals surface area (Å²) in [5.74, 6) is -1.13. The number of piperidine rings is 1. The first-order valence-corrected chi connectivity index (χ1v) is 16.7. The molecule has 3 aromatic carbocycles. The molecule has 2 aliphatic heterocycles. The molecule has 2 aliphatic rings. The number of rotatable bonds is 12. The van der Waals surface area contributed by atoms with E-state index in [1.165, 1.54) is 0 Å². The second kappa shape index (κ2) is 16.2. The van der Waals surface area contributed by atoms with Crippen LogP contribution in [0.1, 0.15) is 59.2 Å². The summed E-state index contributed by atoms with van der Waals surface area (Å²) in [5, 5.41) is 6.56. The van der Waals surface area contributed by atoms with Crippen molar-refractivity contribution < 1.29 is 23.9 Å². The van der Waals surface area contributed by atoms with Gasteiger partial charge in [0.15, 0.2) is 5.78 Å². The maximum absolute atomic E-state index is 14.1. The molecule has 0 aliphatic carbocycles. The summed E-state index contributed by atoms with van der Waals surface area (Å²) in [7, 11) is 1.73. The average molecular weight is 659 g/mol. The van der Waals surface area contributed by atoms with E-state index in [1.54, 1.807) is 54.5 Å². The number of Topliss-reactive ketones (excluding diaryl/α,β-unsaturated/α-hetero) is 1. The molecule has 1 saturated heterocycles. The van der Waals surface area contributed by atoms with Gasteiger partial charge in [0.1, 0.15) is 12.1 Å². The molecule has 2 atom stereocenters. The quantitative estimate of drug-likeness (QED) is 0.260. The van der Waals surface area contributed by atoms with Crippen LogP contribution in [0, 0.1) is 6.92 Å². The Kier molecular flexibility index (Phi) is 11.8. The minimum Gasteiger partial charge on any atom is -0.381 e. The molecular weight excluding hydrogens is 616 g/mol. The van der Waals surface area contributed by atoms with Gasteiger partial charge in [-0.05, 0) is 61.1 Å². The zero-order valence-corrected chi connectivity index (χ0v) is 27.8. The highest BCUT2D eigenvalue weighted by Gasteiger charge is 2.36. The van der Waals surface area contributed by atoms with Gasteiger partial charge in [-0.2, -0.15) is 0 Å². The van der Waals surface area contributed by atoms with Gasteiger partial charge < -0.3 is 25.2 Å². The third-order valence-corrected chi connectivity index (χ3v) is 9.62. The normalized spacial score (nSPS) is 17.4. The van der Waals surface area contributed by atoms with E-state index >= 15 is 0 Å². The van der Waals surface area contributed by atoms with Crippen LogP contribution in [0.25, 0.3) is 0 Å². The molecule has 1 fully saturated rings. The number of ketones is 1. The average Bonchev–Trinajstić information content (AvgIpc) is 3.10. The van der Waals surface area contributed by atoms with E-state index in [0.29, 0.717) is 35.7 Å². The summed E-state index contributed by atoms with van der Waals surface area (Å²) in [6.45, 7) is 4.43. The number of halogens is 1. The molecule has 0 saturated carbocycles. The van der Waals surface area contributed by atoms with E-state index < -0.39 is 18.0 Å². The SMILES string of the molecule is COC1CCN(CCC(NC(=O)C2Cc3ccccc3CN2C(=O)CCC(=O)c2ccccc2)C(=O)Nc2ccc(Cl)c(C)c2)CC1. The smallest absolute Gasteiger partial charge is 0.246 e. The Morgan fingerprint density at radius 1 is 0.936 bits per heavy atom. The number of carbonyl (C=O) groups is 4. The van der Waals surface area contributed by atoms with Crippen molar-refractivity contribution in [3.63, 3.8) is 0 Å². The minimum atomic E-state index is -0.840. The van der Waals surface area contributed by atoms with Crippen molar-refractivity contribution in [1.29, 1.82) is 0 Å². The number of hydrogen-bond acceptors (Lipinski definition) is 6. The lowest BCUT2D eigenvalue weighted by molar-refractivity contribution is -0.142. The summed E-state index contributed by atoms with van der Waals surface area (Å²) in [4.78, 5) is 58.1. The lowest BCUT2D eigenvalue weighted by Gasteiger charge is -2.37. The number of anilines is 1. The van der Waals surface area contributed by atoms with Gasteiger partial charge >= 0.3 is 0 Å². The fourth-order valence-corrected chi connectivity index (χ4v) is 6.44. The van der Waals surface area contributed by atoms with Gasteiger partial charge in [-0.1, -0.05) is 66.2 Å². The molecule has 2 heterocycles. The van der Waals surface area contributed by atoms with Crippen LogP contribution in [0.3, 0.4) is 0 Å². The standard InChI is InChI=1S/C37H43ClN4O5/c1-25-22-29(12-13-31(25)38)39-36(45)32(18-21-41-19-16-30(47-2)17-20-41)40-37(46)33-23-27-10-6-7-11-28(27)24-42(33)35(44)15-14-34(43)26-8-4-3-5-9-26/h3-13,22,30,32-33H,14-21,23-24H2,1-2H3,(H,39,45)(H,40,46). The number of hydrogen-bond donors (Lipinski definition) is 2. The number of benzene rings is 3. The number of nitrogens with zero attached hydrogens (tertiary/aromatic N) is 2. The number of ether oxygens (including phenoxy) is 1. The van der Waals surface area contributed by atoms with Crippen LogP contribution in [-0.2, 0) is 32.1 Å². The first-order chi connectivity index (χ1) is 22.7. The highest BCUT2D eigenvalue weighted by Crippen LogP contribution is 2.26. The highest BCUT2D eigenvalue weighted by molar-refractivity contribution is 6.31. The van der Waals surface area contributed by atoms with Crippen molar-refractivity contribution in [2.24, 2.45) is 0 Å². The number of carbonyl (C=O) groups excluding carboxylic acids is 4. The molecule has 10 heteroatoms. The summed E-state index contributed by atoms with van der Waals surface area (Å²) in [6.07, 6.45) is 2.79. The van der Waals surface area contributed by atoms with Gasteiger partial charge in [-0.25, -0.2) is 0 Å². The van der Waals surface area contributed by atoms with Crippen LogP contribution in [0.2, 0.25) is 5.02 Å². The second-order valence-electron chi connectivity index (χ2n) is 12.4. The molecule has 9 nitrogen and oxygen atoms in total. The van der Waals surface area contributed by atoms with Gasteiger partial charge in [-0.3, -0.25) is 19.2 Å². The highest BCUT2D eigenvalue weighted by atomic mass is 35.5. The zero-order valence-electron chi connectivity index (χ0n) is 27.0. The minimum absolute atomic E-state index is 0.0169. The Morgan fingerprint density at radius 2 is 1.64 bits per heavy atom. The van der Waals surface area contributed by atoms with Crippen LogP contribution in [0.15, 0.2) is 72.8 Å². The molecule has 2 N–H and O–H groups in total. The Hall–Kier alpha value is -4.05. The Labute approximate surface area is 281 Å². The zero-order chi connectivity index (χ0) is 33.3. The molecule has 0 spiro atoms. The molecule has 5 rings (SSSR count). The first-order valence-electron chi connectivity index (χ1n) is 16.3. The van der Waals surface area contributed by atoms with Gasteiger partial charge in [0.2, 0.25) is 17.7 Å². The number of nitrogens with one attached hydrogen (secondary N) is 2. The van der Waals surface area contributed by atoms with Crippen LogP contribution in [0.5, 0.6) is 0 Å². The number of aryl methyl sites for hydroxylation is 1. The second-order valence-corrected chi connectivity index (χ2v) is 12.8. The topological polar surface area (TPSA) is 108 Å². The fraction of sp³-hybridized carbons (Fsp3) is 0.405. The van der Waals surface area contributed by atoms with E-state index in [-0.39, 0.29) is 43.1 Å². The summed E-state index contributed by atoms with van der Waals surface area (Å²) in [5.41, 5.74) is 3.91. The number of likely N-dealkylation sites (tertiary alicyclic amines) is 1. The van der Waals surface area contributed by atoms with Crippen LogP contribution < -0.4 is 10.6 Å². The van der Waals surface area contributed by atoms with E-state index in [2.05, 4.69) is 15.5 Å². The third-order valence-electron chi connectivity index (χ3n) is 9.19. The largest absolute Gasteiger partial charge is 0.381 e. The maximum atomic E-state index is 14.1. The molecule has 47 heavy (non-hydrogen) atoms. The number of methoxy groups -OCH3 is 1. The fourth-order valence-electron chi connectivity index (χ4n) is 6.32. The third kappa shape index (κ3) is 9.06. The van der Waals surface area contributed by atoms with Crippen molar-refractivity contribution in [3.05, 3.63) is 100 Å². The molecule has 2 unspecified atom stereocenters.